The average molecular weight is 537 g/mol. The third-order valence-electron chi connectivity index (χ3n) is 7.41. The number of carbonyl (C=O) groups excluding carboxylic acids is 1. The van der Waals surface area contributed by atoms with E-state index in [4.69, 9.17) is 10.5 Å². The summed E-state index contributed by atoms with van der Waals surface area (Å²) in [5.41, 5.74) is 10.1. The summed E-state index contributed by atoms with van der Waals surface area (Å²) >= 11 is 0. The molecule has 0 unspecified atom stereocenters. The van der Waals surface area contributed by atoms with Crippen molar-refractivity contribution in [1.29, 1.82) is 0 Å². The lowest BCUT2D eigenvalue weighted by molar-refractivity contribution is -0.137. The smallest absolute Gasteiger partial charge is 0.378 e. The minimum atomic E-state index is -4.44. The van der Waals surface area contributed by atoms with Crippen LogP contribution < -0.4 is 11.1 Å². The first-order chi connectivity index (χ1) is 18.7. The van der Waals surface area contributed by atoms with Gasteiger partial charge in [0.2, 0.25) is 0 Å². The Labute approximate surface area is 225 Å². The maximum Gasteiger partial charge on any atom is 0.416 e. The Morgan fingerprint density at radius 2 is 1.90 bits per heavy atom. The summed E-state index contributed by atoms with van der Waals surface area (Å²) in [7, 11) is 0. The molecule has 3 heterocycles. The number of carbonyl (C=O) groups is 1. The van der Waals surface area contributed by atoms with Gasteiger partial charge in [0.25, 0.3) is 5.91 Å². The molecule has 2 aromatic carbocycles. The first-order valence-corrected chi connectivity index (χ1v) is 13.0. The van der Waals surface area contributed by atoms with Crippen LogP contribution in [0.1, 0.15) is 52.1 Å². The molecule has 0 spiro atoms. The number of pyridine rings is 1. The van der Waals surface area contributed by atoms with Gasteiger partial charge in [0, 0.05) is 25.8 Å². The SMILES string of the molecule is C[C@@H](NC(=O)c1cc(C2=CCCN(C3COC3)C2)ccn1)c1ccc(-c2cc(C(F)(F)F)ccc2CN)cc1. The molecular weight excluding hydrogens is 505 g/mol. The van der Waals surface area contributed by atoms with E-state index < -0.39 is 11.7 Å². The normalized spacial score (nSPS) is 17.3. The number of benzene rings is 2. The molecule has 1 aromatic heterocycles. The van der Waals surface area contributed by atoms with Gasteiger partial charge in [-0.2, -0.15) is 13.2 Å². The summed E-state index contributed by atoms with van der Waals surface area (Å²) in [5, 5.41) is 2.98. The van der Waals surface area contributed by atoms with Gasteiger partial charge in [-0.25, -0.2) is 0 Å². The predicted octanol–water partition coefficient (Wildman–Crippen LogP) is 5.21. The standard InChI is InChI=1S/C30H31F3N4O2/c1-19(20-4-6-21(7-5-20)27-14-25(30(31,32)33)9-8-23(27)15-34)36-29(38)28-13-22(10-11-35-28)24-3-2-12-37(16-24)26-17-39-18-26/h3-11,13-14,19,26H,2,12,15-18,34H2,1H3,(H,36,38)/t19-/m1/s1. The van der Waals surface area contributed by atoms with Crippen LogP contribution in [0, 0.1) is 0 Å². The Morgan fingerprint density at radius 1 is 1.13 bits per heavy atom. The molecule has 39 heavy (non-hydrogen) atoms. The minimum absolute atomic E-state index is 0.123. The van der Waals surface area contributed by atoms with E-state index in [-0.39, 0.29) is 18.5 Å². The van der Waals surface area contributed by atoms with Gasteiger partial charge in [-0.1, -0.05) is 36.4 Å². The van der Waals surface area contributed by atoms with Gasteiger partial charge in [0.15, 0.2) is 0 Å². The molecule has 5 rings (SSSR count). The van der Waals surface area contributed by atoms with Crippen molar-refractivity contribution in [2.75, 3.05) is 26.3 Å². The van der Waals surface area contributed by atoms with Crippen LogP contribution in [0.15, 0.2) is 66.9 Å². The Balaban J connectivity index is 1.27. The summed E-state index contributed by atoms with van der Waals surface area (Å²) < 4.78 is 45.1. The molecule has 0 aliphatic carbocycles. The molecule has 0 bridgehead atoms. The van der Waals surface area contributed by atoms with Crippen molar-refractivity contribution < 1.29 is 22.7 Å². The molecule has 1 atom stereocenters. The zero-order valence-electron chi connectivity index (χ0n) is 21.7. The van der Waals surface area contributed by atoms with Crippen molar-refractivity contribution >= 4 is 11.5 Å². The van der Waals surface area contributed by atoms with Crippen LogP contribution in [-0.2, 0) is 17.5 Å². The number of halogens is 3. The van der Waals surface area contributed by atoms with E-state index in [1.807, 2.05) is 19.1 Å². The topological polar surface area (TPSA) is 80.5 Å². The molecular formula is C30H31F3N4O2. The van der Waals surface area contributed by atoms with Crippen LogP contribution in [0.4, 0.5) is 13.2 Å². The molecule has 3 N–H and O–H groups in total. The van der Waals surface area contributed by atoms with Crippen LogP contribution in [-0.4, -0.2) is 48.1 Å². The molecule has 2 aliphatic rings. The highest BCUT2D eigenvalue weighted by Crippen LogP contribution is 2.34. The van der Waals surface area contributed by atoms with Crippen molar-refractivity contribution in [2.45, 2.75) is 38.1 Å². The van der Waals surface area contributed by atoms with Crippen LogP contribution in [0.5, 0.6) is 0 Å². The third kappa shape index (κ3) is 6.06. The summed E-state index contributed by atoms with van der Waals surface area (Å²) in [5.74, 6) is -0.294. The molecule has 0 radical (unpaired) electrons. The summed E-state index contributed by atoms with van der Waals surface area (Å²) in [6.07, 6.45) is 0.387. The number of amides is 1. The molecule has 1 fully saturated rings. The van der Waals surface area contributed by atoms with Gasteiger partial charge in [-0.3, -0.25) is 14.7 Å². The molecule has 3 aromatic rings. The Bertz CT molecular complexity index is 1370. The quantitative estimate of drug-likeness (QED) is 0.434. The van der Waals surface area contributed by atoms with E-state index in [1.54, 1.807) is 30.5 Å². The molecule has 9 heteroatoms. The second kappa shape index (κ2) is 11.3. The largest absolute Gasteiger partial charge is 0.416 e. The monoisotopic (exact) mass is 536 g/mol. The number of nitrogens with two attached hydrogens (primary N) is 1. The van der Waals surface area contributed by atoms with Gasteiger partial charge in [0.05, 0.1) is 30.9 Å². The molecule has 1 amide bonds. The summed E-state index contributed by atoms with van der Waals surface area (Å²) in [4.78, 5) is 19.8. The highest BCUT2D eigenvalue weighted by Gasteiger charge is 2.31. The number of hydrogen-bond acceptors (Lipinski definition) is 5. The van der Waals surface area contributed by atoms with Gasteiger partial charge >= 0.3 is 6.18 Å². The Morgan fingerprint density at radius 3 is 2.56 bits per heavy atom. The maximum absolute atomic E-state index is 13.3. The fourth-order valence-corrected chi connectivity index (χ4v) is 4.98. The molecule has 204 valence electrons. The van der Waals surface area contributed by atoms with Crippen LogP contribution in [0.2, 0.25) is 0 Å². The minimum Gasteiger partial charge on any atom is -0.378 e. The van der Waals surface area contributed by atoms with Crippen molar-refractivity contribution in [1.82, 2.24) is 15.2 Å². The Hall–Kier alpha value is -3.53. The average Bonchev–Trinajstić information content (AvgIpc) is 2.91. The van der Waals surface area contributed by atoms with E-state index in [0.717, 1.165) is 56.0 Å². The number of rotatable bonds is 7. The lowest BCUT2D eigenvalue weighted by atomic mass is 9.95. The number of nitrogens with one attached hydrogen (secondary N) is 1. The first-order valence-electron chi connectivity index (χ1n) is 13.0. The second-order valence-corrected chi connectivity index (χ2v) is 10.0. The van der Waals surface area contributed by atoms with E-state index in [0.29, 0.717) is 28.4 Å². The van der Waals surface area contributed by atoms with Gasteiger partial charge in [0.1, 0.15) is 5.69 Å². The van der Waals surface area contributed by atoms with Crippen molar-refractivity contribution in [2.24, 2.45) is 5.73 Å². The van der Waals surface area contributed by atoms with E-state index in [9.17, 15) is 18.0 Å². The van der Waals surface area contributed by atoms with Crippen LogP contribution >= 0.6 is 0 Å². The first kappa shape index (κ1) is 27.1. The van der Waals surface area contributed by atoms with Crippen LogP contribution in [0.3, 0.4) is 0 Å². The highest BCUT2D eigenvalue weighted by atomic mass is 19.4. The van der Waals surface area contributed by atoms with Crippen molar-refractivity contribution in [3.05, 3.63) is 94.8 Å². The lowest BCUT2D eigenvalue weighted by Gasteiger charge is -2.39. The number of aromatic nitrogens is 1. The third-order valence-corrected chi connectivity index (χ3v) is 7.41. The molecule has 2 aliphatic heterocycles. The summed E-state index contributed by atoms with van der Waals surface area (Å²) in [6, 6.07) is 14.6. The number of ether oxygens (including phenoxy) is 1. The summed E-state index contributed by atoms with van der Waals surface area (Å²) in [6.45, 7) is 5.34. The lowest BCUT2D eigenvalue weighted by Crippen LogP contribution is -2.50. The Kier molecular flexibility index (Phi) is 7.83. The van der Waals surface area contributed by atoms with Crippen molar-refractivity contribution in [3.63, 3.8) is 0 Å². The predicted molar refractivity (Wildman–Crippen MR) is 144 cm³/mol. The highest BCUT2D eigenvalue weighted by molar-refractivity contribution is 5.93. The van der Waals surface area contributed by atoms with Gasteiger partial charge < -0.3 is 15.8 Å². The fourth-order valence-electron chi connectivity index (χ4n) is 4.98. The van der Waals surface area contributed by atoms with E-state index >= 15 is 0 Å². The number of nitrogens with zero attached hydrogens (tertiary/aromatic N) is 2. The van der Waals surface area contributed by atoms with Gasteiger partial charge in [-0.05, 0) is 71.0 Å². The van der Waals surface area contributed by atoms with E-state index in [2.05, 4.69) is 21.3 Å². The second-order valence-electron chi connectivity index (χ2n) is 10.0. The zero-order chi connectivity index (χ0) is 27.6. The number of hydrogen-bond donors (Lipinski definition) is 2. The van der Waals surface area contributed by atoms with Crippen LogP contribution in [0.25, 0.3) is 16.7 Å². The molecule has 1 saturated heterocycles. The van der Waals surface area contributed by atoms with Gasteiger partial charge in [-0.15, -0.1) is 0 Å². The maximum atomic E-state index is 13.3. The number of alkyl halides is 3. The molecule has 0 saturated carbocycles. The van der Waals surface area contributed by atoms with E-state index in [1.165, 1.54) is 11.6 Å². The zero-order valence-corrected chi connectivity index (χ0v) is 21.7. The molecule has 6 nitrogen and oxygen atoms in total. The fraction of sp³-hybridized carbons (Fsp3) is 0.333. The van der Waals surface area contributed by atoms with Crippen molar-refractivity contribution in [3.8, 4) is 11.1 Å².